The van der Waals surface area contributed by atoms with Crippen LogP contribution in [0, 0.1) is 11.3 Å². The van der Waals surface area contributed by atoms with Crippen molar-refractivity contribution in [2.24, 2.45) is 0 Å². The highest BCUT2D eigenvalue weighted by Crippen LogP contribution is 2.27. The molecule has 0 spiro atoms. The molecule has 0 saturated heterocycles. The van der Waals surface area contributed by atoms with E-state index < -0.39 is 24.0 Å². The summed E-state index contributed by atoms with van der Waals surface area (Å²) in [6.07, 6.45) is 7.01. The molecule has 1 aliphatic carbocycles. The van der Waals surface area contributed by atoms with Crippen LogP contribution in [-0.2, 0) is 14.3 Å². The van der Waals surface area contributed by atoms with Crippen LogP contribution in [-0.4, -0.2) is 31.1 Å². The van der Waals surface area contributed by atoms with Crippen molar-refractivity contribution in [3.63, 3.8) is 0 Å². The molecule has 1 aromatic carbocycles. The number of rotatable bonds is 6. The summed E-state index contributed by atoms with van der Waals surface area (Å²) in [4.78, 5) is 23.7. The van der Waals surface area contributed by atoms with Gasteiger partial charge in [-0.2, -0.15) is 5.26 Å². The maximum absolute atomic E-state index is 12.0. The van der Waals surface area contributed by atoms with Crippen LogP contribution in [0.4, 0.5) is 0 Å². The molecule has 0 heterocycles. The van der Waals surface area contributed by atoms with Gasteiger partial charge in [0.15, 0.2) is 6.61 Å². The monoisotopic (exact) mass is 342 g/mol. The quantitative estimate of drug-likeness (QED) is 0.634. The van der Waals surface area contributed by atoms with Crippen LogP contribution in [0.25, 0.3) is 6.08 Å². The second kappa shape index (κ2) is 8.88. The summed E-state index contributed by atoms with van der Waals surface area (Å²) in [5, 5.41) is 12.0. The largest absolute Gasteiger partial charge is 0.497 e. The Morgan fingerprint density at radius 3 is 2.76 bits per heavy atom. The molecule has 1 fully saturated rings. The van der Waals surface area contributed by atoms with Gasteiger partial charge in [0.1, 0.15) is 11.3 Å². The lowest BCUT2D eigenvalue weighted by molar-refractivity contribution is -0.144. The van der Waals surface area contributed by atoms with Crippen LogP contribution in [0.2, 0.25) is 0 Å². The summed E-state index contributed by atoms with van der Waals surface area (Å²) >= 11 is 0. The van der Waals surface area contributed by atoms with E-state index in [1.54, 1.807) is 25.3 Å². The molecule has 1 saturated carbocycles. The summed E-state index contributed by atoms with van der Waals surface area (Å²) in [7, 11) is 1.57. The highest BCUT2D eigenvalue weighted by atomic mass is 16.5. The standard InChI is InChI=1S/C19H22N2O4/c1-24-16-7-5-6-15(12-16)8-9-18(23)25-13-17(22)21-19(14-20)10-3-2-4-11-19/h5-9,12H,2-4,10-11,13H2,1H3,(H,21,22)/b9-8+. The molecular formula is C19H22N2O4. The van der Waals surface area contributed by atoms with E-state index in [9.17, 15) is 14.9 Å². The first-order valence-electron chi connectivity index (χ1n) is 8.28. The number of amides is 1. The number of benzene rings is 1. The van der Waals surface area contributed by atoms with Gasteiger partial charge in [0.2, 0.25) is 0 Å². The zero-order valence-electron chi connectivity index (χ0n) is 14.3. The third kappa shape index (κ3) is 5.64. The first-order valence-corrected chi connectivity index (χ1v) is 8.28. The van der Waals surface area contributed by atoms with E-state index in [-0.39, 0.29) is 0 Å². The highest BCUT2D eigenvalue weighted by molar-refractivity contribution is 5.89. The van der Waals surface area contributed by atoms with E-state index in [4.69, 9.17) is 9.47 Å². The number of methoxy groups -OCH3 is 1. The van der Waals surface area contributed by atoms with Gasteiger partial charge in [-0.15, -0.1) is 0 Å². The van der Waals surface area contributed by atoms with Crippen LogP contribution in [0.5, 0.6) is 5.75 Å². The lowest BCUT2D eigenvalue weighted by Gasteiger charge is -2.31. The molecule has 0 aromatic heterocycles. The average molecular weight is 342 g/mol. The number of esters is 1. The molecule has 6 heteroatoms. The Morgan fingerprint density at radius 1 is 1.32 bits per heavy atom. The molecule has 0 bridgehead atoms. The van der Waals surface area contributed by atoms with Gasteiger partial charge in [-0.3, -0.25) is 4.79 Å². The molecule has 1 amide bonds. The zero-order valence-corrected chi connectivity index (χ0v) is 14.3. The van der Waals surface area contributed by atoms with Gasteiger partial charge >= 0.3 is 5.97 Å². The van der Waals surface area contributed by atoms with Gasteiger partial charge < -0.3 is 14.8 Å². The van der Waals surface area contributed by atoms with Crippen molar-refractivity contribution in [2.45, 2.75) is 37.6 Å². The van der Waals surface area contributed by atoms with Crippen molar-refractivity contribution in [3.05, 3.63) is 35.9 Å². The number of nitrogens with zero attached hydrogens (tertiary/aromatic N) is 1. The Hall–Kier alpha value is -2.81. The summed E-state index contributed by atoms with van der Waals surface area (Å²) < 4.78 is 10.0. The Labute approximate surface area is 147 Å². The number of carbonyl (C=O) groups is 2. The fourth-order valence-electron chi connectivity index (χ4n) is 2.82. The summed E-state index contributed by atoms with van der Waals surface area (Å²) in [6, 6.07) is 9.40. The summed E-state index contributed by atoms with van der Waals surface area (Å²) in [5.41, 5.74) is -0.0376. The maximum atomic E-state index is 12.0. The third-order valence-corrected chi connectivity index (χ3v) is 4.15. The molecule has 0 atom stereocenters. The molecule has 2 rings (SSSR count). The summed E-state index contributed by atoms with van der Waals surface area (Å²) in [5.74, 6) is -0.386. The Morgan fingerprint density at radius 2 is 2.08 bits per heavy atom. The van der Waals surface area contributed by atoms with Crippen LogP contribution < -0.4 is 10.1 Å². The minimum absolute atomic E-state index is 0.398. The molecule has 1 aliphatic rings. The Balaban J connectivity index is 1.81. The predicted molar refractivity (Wildman–Crippen MR) is 92.6 cm³/mol. The van der Waals surface area contributed by atoms with E-state index in [0.717, 1.165) is 24.8 Å². The lowest BCUT2D eigenvalue weighted by atomic mass is 9.83. The van der Waals surface area contributed by atoms with Gasteiger partial charge in [0.05, 0.1) is 13.2 Å². The number of ether oxygens (including phenoxy) is 2. The molecule has 1 aromatic rings. The Kier molecular flexibility index (Phi) is 6.58. The van der Waals surface area contributed by atoms with Gasteiger partial charge in [0, 0.05) is 6.08 Å². The second-order valence-corrected chi connectivity index (χ2v) is 6.02. The normalized spacial score (nSPS) is 16.0. The molecule has 0 radical (unpaired) electrons. The van der Waals surface area contributed by atoms with Gasteiger partial charge in [0.25, 0.3) is 5.91 Å². The number of hydrogen-bond acceptors (Lipinski definition) is 5. The minimum atomic E-state index is -0.821. The fraction of sp³-hybridized carbons (Fsp3) is 0.421. The smallest absolute Gasteiger partial charge is 0.331 e. The molecule has 25 heavy (non-hydrogen) atoms. The van der Waals surface area contributed by atoms with Crippen LogP contribution >= 0.6 is 0 Å². The Bertz CT molecular complexity index is 685. The van der Waals surface area contributed by atoms with Gasteiger partial charge in [-0.1, -0.05) is 31.4 Å². The highest BCUT2D eigenvalue weighted by Gasteiger charge is 2.33. The average Bonchev–Trinajstić information content (AvgIpc) is 2.65. The first kappa shape index (κ1) is 18.5. The van der Waals surface area contributed by atoms with Crippen molar-refractivity contribution in [2.75, 3.05) is 13.7 Å². The fourth-order valence-corrected chi connectivity index (χ4v) is 2.82. The first-order chi connectivity index (χ1) is 12.1. The van der Waals surface area contributed by atoms with Crippen molar-refractivity contribution in [3.8, 4) is 11.8 Å². The molecule has 132 valence electrons. The van der Waals surface area contributed by atoms with Crippen molar-refractivity contribution in [1.29, 1.82) is 5.26 Å². The van der Waals surface area contributed by atoms with Crippen LogP contribution in [0.3, 0.4) is 0 Å². The molecular weight excluding hydrogens is 320 g/mol. The second-order valence-electron chi connectivity index (χ2n) is 6.02. The molecule has 0 aliphatic heterocycles. The van der Waals surface area contributed by atoms with Crippen molar-refractivity contribution in [1.82, 2.24) is 5.32 Å². The molecule has 0 unspecified atom stereocenters. The maximum Gasteiger partial charge on any atom is 0.331 e. The number of carbonyl (C=O) groups excluding carboxylic acids is 2. The van der Waals surface area contributed by atoms with Crippen LogP contribution in [0.15, 0.2) is 30.3 Å². The number of hydrogen-bond donors (Lipinski definition) is 1. The zero-order chi connectivity index (χ0) is 18.1. The lowest BCUT2D eigenvalue weighted by Crippen LogP contribution is -2.49. The van der Waals surface area contributed by atoms with E-state index in [2.05, 4.69) is 11.4 Å². The SMILES string of the molecule is COc1cccc(/C=C/C(=O)OCC(=O)NC2(C#N)CCCCC2)c1. The van der Waals surface area contributed by atoms with E-state index in [1.807, 2.05) is 12.1 Å². The minimum Gasteiger partial charge on any atom is -0.497 e. The molecule has 1 N–H and O–H groups in total. The predicted octanol–water partition coefficient (Wildman–Crippen LogP) is 2.59. The third-order valence-electron chi connectivity index (χ3n) is 4.15. The van der Waals surface area contributed by atoms with Gasteiger partial charge in [-0.25, -0.2) is 4.79 Å². The van der Waals surface area contributed by atoms with Gasteiger partial charge in [-0.05, 0) is 36.6 Å². The van der Waals surface area contributed by atoms with Crippen molar-refractivity contribution >= 4 is 18.0 Å². The number of nitrogens with one attached hydrogen (secondary N) is 1. The summed E-state index contributed by atoms with van der Waals surface area (Å²) in [6.45, 7) is -0.398. The molecule has 6 nitrogen and oxygen atoms in total. The number of nitriles is 1. The van der Waals surface area contributed by atoms with E-state index in [1.165, 1.54) is 6.08 Å². The van der Waals surface area contributed by atoms with Crippen LogP contribution in [0.1, 0.15) is 37.7 Å². The van der Waals surface area contributed by atoms with Crippen molar-refractivity contribution < 1.29 is 19.1 Å². The van der Waals surface area contributed by atoms with E-state index >= 15 is 0 Å². The topological polar surface area (TPSA) is 88.4 Å². The van der Waals surface area contributed by atoms with E-state index in [0.29, 0.717) is 18.6 Å².